The zero-order chi connectivity index (χ0) is 20.9. The minimum Gasteiger partial charge on any atom is -0.389 e. The van der Waals surface area contributed by atoms with Crippen LogP contribution in [0.4, 0.5) is 4.39 Å². The van der Waals surface area contributed by atoms with Crippen molar-refractivity contribution < 1.29 is 14.3 Å². The van der Waals surface area contributed by atoms with Crippen molar-refractivity contribution in [2.45, 2.75) is 23.4 Å². The van der Waals surface area contributed by atoms with Crippen LogP contribution in [-0.2, 0) is 8.22 Å². The molecule has 1 amide bonds. The van der Waals surface area contributed by atoms with Crippen LogP contribution in [0.1, 0.15) is 18.1 Å². The second-order valence-electron chi connectivity index (χ2n) is 7.64. The van der Waals surface area contributed by atoms with E-state index >= 15 is 0 Å². The molecular weight excluding hydrogens is 486 g/mol. The first-order valence-corrected chi connectivity index (χ1v) is 10.3. The zero-order valence-corrected chi connectivity index (χ0v) is 18.2. The Morgan fingerprint density at radius 1 is 1.21 bits per heavy atom. The van der Waals surface area contributed by atoms with Gasteiger partial charge < -0.3 is 15.0 Å². The van der Waals surface area contributed by atoms with Gasteiger partial charge in [0.1, 0.15) is 9.24 Å². The second-order valence-corrected chi connectivity index (χ2v) is 9.80. The maximum atomic E-state index is 13.6. The van der Waals surface area contributed by atoms with Crippen LogP contribution in [0.3, 0.4) is 0 Å². The monoisotopic (exact) mass is 506 g/mol. The highest BCUT2D eigenvalue weighted by Gasteiger charge is 2.40. The van der Waals surface area contributed by atoms with Crippen LogP contribution in [-0.4, -0.2) is 40.1 Å². The SMILES string of the molecule is Cc1cc(F)cc2c(=O)[nH]c(-c3ccc([C@](C)(I)C(=O)N4CC(O)C4)cc3)cc12. The lowest BCUT2D eigenvalue weighted by Gasteiger charge is -2.40. The van der Waals surface area contributed by atoms with Crippen molar-refractivity contribution in [3.05, 3.63) is 69.8 Å². The van der Waals surface area contributed by atoms with Gasteiger partial charge >= 0.3 is 0 Å². The zero-order valence-electron chi connectivity index (χ0n) is 16.0. The quantitative estimate of drug-likeness (QED) is 0.422. The minimum absolute atomic E-state index is 0.0343. The van der Waals surface area contributed by atoms with Crippen LogP contribution >= 0.6 is 22.6 Å². The van der Waals surface area contributed by atoms with Crippen molar-refractivity contribution in [2.75, 3.05) is 13.1 Å². The normalized spacial score (nSPS) is 16.5. The number of carbonyl (C=O) groups is 1. The molecule has 7 heteroatoms. The van der Waals surface area contributed by atoms with Gasteiger partial charge in [0.15, 0.2) is 0 Å². The maximum Gasteiger partial charge on any atom is 0.256 e. The lowest BCUT2D eigenvalue weighted by atomic mass is 9.95. The lowest BCUT2D eigenvalue weighted by Crippen LogP contribution is -2.57. The molecule has 1 aromatic heterocycles. The van der Waals surface area contributed by atoms with E-state index in [4.69, 9.17) is 0 Å². The summed E-state index contributed by atoms with van der Waals surface area (Å²) in [6.45, 7) is 4.37. The molecule has 29 heavy (non-hydrogen) atoms. The summed E-state index contributed by atoms with van der Waals surface area (Å²) < 4.78 is 12.9. The van der Waals surface area contributed by atoms with E-state index in [-0.39, 0.29) is 11.5 Å². The number of hydrogen-bond donors (Lipinski definition) is 2. The van der Waals surface area contributed by atoms with E-state index < -0.39 is 15.3 Å². The molecular formula is C22H20FIN2O3. The molecule has 0 spiro atoms. The van der Waals surface area contributed by atoms with E-state index in [1.165, 1.54) is 12.1 Å². The van der Waals surface area contributed by atoms with Crippen molar-refractivity contribution in [3.8, 4) is 11.3 Å². The van der Waals surface area contributed by atoms with Crippen LogP contribution in [0.5, 0.6) is 0 Å². The molecule has 1 aliphatic heterocycles. The number of rotatable bonds is 3. The van der Waals surface area contributed by atoms with Crippen LogP contribution in [0.25, 0.3) is 22.0 Å². The molecule has 150 valence electrons. The van der Waals surface area contributed by atoms with Crippen molar-refractivity contribution in [3.63, 3.8) is 0 Å². The highest BCUT2D eigenvalue weighted by molar-refractivity contribution is 14.1. The summed E-state index contributed by atoms with van der Waals surface area (Å²) in [5.74, 6) is -0.466. The Morgan fingerprint density at radius 2 is 1.86 bits per heavy atom. The molecule has 3 aromatic rings. The predicted octanol–water partition coefficient (Wildman–Crippen LogP) is 3.50. The molecule has 0 bridgehead atoms. The molecule has 1 atom stereocenters. The fraction of sp³-hybridized carbons (Fsp3) is 0.273. The number of pyridine rings is 1. The standard InChI is InChI=1S/C22H20FIN2O3/c1-12-7-15(23)8-18-17(12)9-19(25-20(18)28)13-3-5-14(6-4-13)22(2,24)21(29)26-10-16(27)11-26/h3-9,16,27H,10-11H2,1-2H3,(H,25,28)/t22-/m0/s1. The third kappa shape index (κ3) is 3.57. The Kier molecular flexibility index (Phi) is 4.98. The number of aliphatic hydroxyl groups is 1. The van der Waals surface area contributed by atoms with Gasteiger partial charge in [0.25, 0.3) is 5.56 Å². The van der Waals surface area contributed by atoms with Gasteiger partial charge in [0.2, 0.25) is 5.91 Å². The number of carbonyl (C=O) groups excluding carboxylic acids is 1. The van der Waals surface area contributed by atoms with Crippen LogP contribution in [0.15, 0.2) is 47.3 Å². The Labute approximate surface area is 180 Å². The molecule has 5 nitrogen and oxygen atoms in total. The van der Waals surface area contributed by atoms with Crippen molar-refractivity contribution in [2.24, 2.45) is 0 Å². The van der Waals surface area contributed by atoms with Gasteiger partial charge in [-0.3, -0.25) is 9.59 Å². The summed E-state index contributed by atoms with van der Waals surface area (Å²) in [5.41, 5.74) is 2.64. The average Bonchev–Trinajstić information content (AvgIpc) is 2.65. The molecule has 0 unspecified atom stereocenters. The molecule has 1 fully saturated rings. The lowest BCUT2D eigenvalue weighted by molar-refractivity contribution is -0.143. The fourth-order valence-electron chi connectivity index (χ4n) is 3.66. The number of likely N-dealkylation sites (tertiary alicyclic amines) is 1. The number of benzene rings is 2. The minimum atomic E-state index is -0.749. The number of H-pyrrole nitrogens is 1. The Balaban J connectivity index is 1.68. The molecule has 4 rings (SSSR count). The number of nitrogens with zero attached hydrogens (tertiary/aromatic N) is 1. The molecule has 0 saturated carbocycles. The number of nitrogens with one attached hydrogen (secondary N) is 1. The van der Waals surface area contributed by atoms with E-state index in [0.717, 1.165) is 11.1 Å². The summed E-state index contributed by atoms with van der Waals surface area (Å²) >= 11 is 2.13. The molecule has 1 aliphatic rings. The first-order valence-electron chi connectivity index (χ1n) is 9.27. The van der Waals surface area contributed by atoms with Gasteiger partial charge in [-0.2, -0.15) is 0 Å². The number of aliphatic hydroxyl groups excluding tert-OH is 1. The Bertz CT molecular complexity index is 1170. The summed E-state index contributed by atoms with van der Waals surface area (Å²) in [6, 6.07) is 12.0. The Morgan fingerprint density at radius 3 is 2.48 bits per heavy atom. The number of alkyl halides is 1. The van der Waals surface area contributed by atoms with Gasteiger partial charge in [0.05, 0.1) is 11.5 Å². The van der Waals surface area contributed by atoms with Crippen LogP contribution in [0, 0.1) is 12.7 Å². The van der Waals surface area contributed by atoms with Gasteiger partial charge in [-0.15, -0.1) is 0 Å². The Hall–Kier alpha value is -2.26. The highest BCUT2D eigenvalue weighted by atomic mass is 127. The maximum absolute atomic E-state index is 13.6. The summed E-state index contributed by atoms with van der Waals surface area (Å²) in [4.78, 5) is 29.6. The average molecular weight is 506 g/mol. The van der Waals surface area contributed by atoms with Crippen molar-refractivity contribution >= 4 is 39.3 Å². The van der Waals surface area contributed by atoms with E-state index in [0.29, 0.717) is 35.1 Å². The van der Waals surface area contributed by atoms with Crippen molar-refractivity contribution in [1.82, 2.24) is 9.88 Å². The fourth-order valence-corrected chi connectivity index (χ4v) is 4.36. The molecule has 0 aliphatic carbocycles. The van der Waals surface area contributed by atoms with E-state index in [2.05, 4.69) is 27.6 Å². The number of aryl methyl sites for hydroxylation is 1. The number of hydrogen-bond acceptors (Lipinski definition) is 3. The number of fused-ring (bicyclic) bond motifs is 1. The molecule has 0 radical (unpaired) electrons. The van der Waals surface area contributed by atoms with Crippen molar-refractivity contribution in [1.29, 1.82) is 0 Å². The van der Waals surface area contributed by atoms with Gasteiger partial charge in [-0.05, 0) is 54.1 Å². The third-order valence-electron chi connectivity index (χ3n) is 5.42. The van der Waals surface area contributed by atoms with Crippen LogP contribution < -0.4 is 5.56 Å². The first kappa shape index (κ1) is 20.0. The molecule has 2 aromatic carbocycles. The van der Waals surface area contributed by atoms with Crippen LogP contribution in [0.2, 0.25) is 0 Å². The van der Waals surface area contributed by atoms with E-state index in [1.54, 1.807) is 11.8 Å². The number of aromatic amines is 1. The predicted molar refractivity (Wildman–Crippen MR) is 119 cm³/mol. The number of aromatic nitrogens is 1. The smallest absolute Gasteiger partial charge is 0.256 e. The summed E-state index contributed by atoms with van der Waals surface area (Å²) in [6.07, 6.45) is -0.435. The molecule has 2 N–H and O–H groups in total. The first-order chi connectivity index (χ1) is 13.7. The molecule has 1 saturated heterocycles. The third-order valence-corrected chi connectivity index (χ3v) is 6.51. The summed E-state index contributed by atoms with van der Waals surface area (Å²) in [5, 5.41) is 10.5. The largest absolute Gasteiger partial charge is 0.389 e. The topological polar surface area (TPSA) is 73.4 Å². The van der Waals surface area contributed by atoms with Gasteiger partial charge in [-0.1, -0.05) is 46.9 Å². The van der Waals surface area contributed by atoms with Gasteiger partial charge in [-0.25, -0.2) is 4.39 Å². The van der Waals surface area contributed by atoms with E-state index in [1.807, 2.05) is 37.3 Å². The molecule has 2 heterocycles. The second kappa shape index (κ2) is 7.21. The number of amides is 1. The van der Waals surface area contributed by atoms with Gasteiger partial charge in [0, 0.05) is 18.8 Å². The highest BCUT2D eigenvalue weighted by Crippen LogP contribution is 2.36. The van der Waals surface area contributed by atoms with E-state index in [9.17, 15) is 19.1 Å². The summed E-state index contributed by atoms with van der Waals surface area (Å²) in [7, 11) is 0. The number of β-amino-alcohol motifs (C(OH)–C–C–N with tert-alkyl or cyclic N) is 1. The number of halogens is 2.